The molecule has 0 saturated heterocycles. The van der Waals surface area contributed by atoms with Crippen LogP contribution < -0.4 is 9.46 Å². The van der Waals surface area contributed by atoms with E-state index in [4.69, 9.17) is 4.74 Å². The second kappa shape index (κ2) is 5.49. The Morgan fingerprint density at radius 2 is 2.00 bits per heavy atom. The van der Waals surface area contributed by atoms with Crippen LogP contribution in [0.3, 0.4) is 0 Å². The average molecular weight is 255 g/mol. The fourth-order valence-electron chi connectivity index (χ4n) is 1.19. The summed E-state index contributed by atoms with van der Waals surface area (Å²) in [7, 11) is -2.01. The third-order valence-electron chi connectivity index (χ3n) is 1.84. The van der Waals surface area contributed by atoms with Crippen molar-refractivity contribution in [3.63, 3.8) is 0 Å². The van der Waals surface area contributed by atoms with E-state index in [0.717, 1.165) is 12.3 Å². The van der Waals surface area contributed by atoms with Gasteiger partial charge in [0.15, 0.2) is 0 Å². The second-order valence-electron chi connectivity index (χ2n) is 3.31. The Kier molecular flexibility index (Phi) is 4.28. The number of carbonyl (C=O) groups is 1. The maximum Gasteiger partial charge on any atom is 0.257 e. The van der Waals surface area contributed by atoms with E-state index in [1.54, 1.807) is 24.3 Å². The molecule has 1 aromatic rings. The maximum atomic E-state index is 11.2. The van der Waals surface area contributed by atoms with E-state index >= 15 is 0 Å². The van der Waals surface area contributed by atoms with Crippen LogP contribution >= 0.6 is 0 Å². The van der Waals surface area contributed by atoms with E-state index in [-0.39, 0.29) is 0 Å². The van der Waals surface area contributed by atoms with Gasteiger partial charge in [0.25, 0.3) is 5.91 Å². The van der Waals surface area contributed by atoms with E-state index in [9.17, 15) is 13.2 Å². The summed E-state index contributed by atoms with van der Waals surface area (Å²) in [4.78, 5) is 11.2. The molecule has 1 amide bonds. The fraction of sp³-hybridized carbons (Fsp3) is 0.182. The Balaban J connectivity index is 2.80. The number of methoxy groups -OCH3 is 1. The van der Waals surface area contributed by atoms with Crippen molar-refractivity contribution in [2.24, 2.45) is 0 Å². The van der Waals surface area contributed by atoms with Gasteiger partial charge in [0.1, 0.15) is 5.75 Å². The van der Waals surface area contributed by atoms with Gasteiger partial charge in [-0.05, 0) is 12.1 Å². The third-order valence-corrected chi connectivity index (χ3v) is 2.41. The largest absolute Gasteiger partial charge is 0.496 e. The molecule has 1 N–H and O–H groups in total. The lowest BCUT2D eigenvalue weighted by Gasteiger charge is -2.03. The van der Waals surface area contributed by atoms with Crippen LogP contribution in [-0.2, 0) is 14.8 Å². The molecule has 0 aromatic heterocycles. The van der Waals surface area contributed by atoms with Gasteiger partial charge in [0.05, 0.1) is 13.4 Å². The van der Waals surface area contributed by atoms with Gasteiger partial charge in [-0.1, -0.05) is 18.2 Å². The van der Waals surface area contributed by atoms with E-state index in [1.807, 2.05) is 4.72 Å². The molecule has 0 saturated carbocycles. The van der Waals surface area contributed by atoms with Gasteiger partial charge in [-0.2, -0.15) is 0 Å². The Labute approximate surface area is 100 Å². The topological polar surface area (TPSA) is 72.5 Å². The SMILES string of the molecule is COc1ccccc1/C=C/C(=O)NS(C)(=O)=O. The number of ether oxygens (including phenoxy) is 1. The van der Waals surface area contributed by atoms with Crippen molar-refractivity contribution >= 4 is 22.0 Å². The van der Waals surface area contributed by atoms with Gasteiger partial charge in [-0.3, -0.25) is 4.79 Å². The Morgan fingerprint density at radius 3 is 2.59 bits per heavy atom. The van der Waals surface area contributed by atoms with Crippen LogP contribution in [0.2, 0.25) is 0 Å². The van der Waals surface area contributed by atoms with Crippen molar-refractivity contribution in [2.75, 3.05) is 13.4 Å². The highest BCUT2D eigenvalue weighted by Gasteiger charge is 2.04. The Hall–Kier alpha value is -1.82. The van der Waals surface area contributed by atoms with Crippen LogP contribution in [0.5, 0.6) is 5.75 Å². The number of amides is 1. The van der Waals surface area contributed by atoms with E-state index in [1.165, 1.54) is 13.2 Å². The molecule has 0 aliphatic heterocycles. The first-order valence-electron chi connectivity index (χ1n) is 4.75. The van der Waals surface area contributed by atoms with Crippen molar-refractivity contribution in [1.82, 2.24) is 4.72 Å². The van der Waals surface area contributed by atoms with Gasteiger partial charge in [0, 0.05) is 11.6 Å². The molecule has 0 heterocycles. The molecule has 0 radical (unpaired) electrons. The molecule has 92 valence electrons. The smallest absolute Gasteiger partial charge is 0.257 e. The summed E-state index contributed by atoms with van der Waals surface area (Å²) < 4.78 is 28.5. The second-order valence-corrected chi connectivity index (χ2v) is 5.06. The summed E-state index contributed by atoms with van der Waals surface area (Å²) in [5.41, 5.74) is 0.693. The number of hydrogen-bond donors (Lipinski definition) is 1. The minimum absolute atomic E-state index is 0.607. The first-order chi connectivity index (χ1) is 7.92. The zero-order valence-electron chi connectivity index (χ0n) is 9.51. The molecular weight excluding hydrogens is 242 g/mol. The van der Waals surface area contributed by atoms with Crippen molar-refractivity contribution < 1.29 is 17.9 Å². The Morgan fingerprint density at radius 1 is 1.35 bits per heavy atom. The standard InChI is InChI=1S/C11H13NO4S/c1-16-10-6-4-3-5-9(10)7-8-11(13)12-17(2,14)15/h3-8H,1-2H3,(H,12,13)/b8-7+. The molecule has 0 bridgehead atoms. The van der Waals surface area contributed by atoms with Crippen LogP contribution in [0.1, 0.15) is 5.56 Å². The summed E-state index contributed by atoms with van der Waals surface area (Å²) in [6, 6.07) is 7.08. The predicted molar refractivity (Wildman–Crippen MR) is 65.0 cm³/mol. The number of rotatable bonds is 4. The zero-order chi connectivity index (χ0) is 12.9. The summed E-state index contributed by atoms with van der Waals surface area (Å²) in [6.07, 6.45) is 3.54. The lowest BCUT2D eigenvalue weighted by atomic mass is 10.2. The van der Waals surface area contributed by atoms with Crippen molar-refractivity contribution in [1.29, 1.82) is 0 Å². The molecule has 1 rings (SSSR count). The third kappa shape index (κ3) is 4.69. The van der Waals surface area contributed by atoms with E-state index in [2.05, 4.69) is 0 Å². The molecule has 6 heteroatoms. The molecule has 0 aliphatic rings. The van der Waals surface area contributed by atoms with Crippen molar-refractivity contribution in [3.05, 3.63) is 35.9 Å². The predicted octanol–water partition coefficient (Wildman–Crippen LogP) is 0.784. The summed E-state index contributed by atoms with van der Waals surface area (Å²) >= 11 is 0. The highest BCUT2D eigenvalue weighted by Crippen LogP contribution is 2.18. The lowest BCUT2D eigenvalue weighted by Crippen LogP contribution is -2.27. The van der Waals surface area contributed by atoms with E-state index in [0.29, 0.717) is 11.3 Å². The highest BCUT2D eigenvalue weighted by atomic mass is 32.2. The van der Waals surface area contributed by atoms with Gasteiger partial charge >= 0.3 is 0 Å². The van der Waals surface area contributed by atoms with E-state index < -0.39 is 15.9 Å². The van der Waals surface area contributed by atoms with Crippen LogP contribution in [0.25, 0.3) is 6.08 Å². The first-order valence-corrected chi connectivity index (χ1v) is 6.64. The number of hydrogen-bond acceptors (Lipinski definition) is 4. The molecular formula is C11H13NO4S. The number of carbonyl (C=O) groups excluding carboxylic acids is 1. The maximum absolute atomic E-state index is 11.2. The van der Waals surface area contributed by atoms with Crippen LogP contribution in [0.15, 0.2) is 30.3 Å². The molecule has 0 aliphatic carbocycles. The van der Waals surface area contributed by atoms with Crippen LogP contribution in [-0.4, -0.2) is 27.7 Å². The average Bonchev–Trinajstić information content (AvgIpc) is 2.24. The number of para-hydroxylation sites is 1. The normalized spacial score (nSPS) is 11.4. The minimum atomic E-state index is -3.53. The van der Waals surface area contributed by atoms with Crippen molar-refractivity contribution in [2.45, 2.75) is 0 Å². The quantitative estimate of drug-likeness (QED) is 0.807. The molecule has 17 heavy (non-hydrogen) atoms. The molecule has 1 aromatic carbocycles. The van der Waals surface area contributed by atoms with Gasteiger partial charge in [-0.25, -0.2) is 13.1 Å². The van der Waals surface area contributed by atoms with Gasteiger partial charge < -0.3 is 4.74 Å². The summed E-state index contributed by atoms with van der Waals surface area (Å²) in [5.74, 6) is -0.0886. The van der Waals surface area contributed by atoms with Crippen molar-refractivity contribution in [3.8, 4) is 5.75 Å². The first kappa shape index (κ1) is 13.2. The lowest BCUT2D eigenvalue weighted by molar-refractivity contribution is -0.114. The molecule has 5 nitrogen and oxygen atoms in total. The molecule has 0 spiro atoms. The highest BCUT2D eigenvalue weighted by molar-refractivity contribution is 7.89. The fourth-order valence-corrected chi connectivity index (χ4v) is 1.62. The Bertz CT molecular complexity index is 534. The number of sulfonamides is 1. The minimum Gasteiger partial charge on any atom is -0.496 e. The van der Waals surface area contributed by atoms with Gasteiger partial charge in [0.2, 0.25) is 10.0 Å². The summed E-state index contributed by atoms with van der Waals surface area (Å²) in [6.45, 7) is 0. The number of nitrogens with one attached hydrogen (secondary N) is 1. The zero-order valence-corrected chi connectivity index (χ0v) is 10.3. The van der Waals surface area contributed by atoms with Crippen LogP contribution in [0, 0.1) is 0 Å². The van der Waals surface area contributed by atoms with Crippen LogP contribution in [0.4, 0.5) is 0 Å². The molecule has 0 unspecified atom stereocenters. The molecule has 0 atom stereocenters. The monoisotopic (exact) mass is 255 g/mol. The van der Waals surface area contributed by atoms with Gasteiger partial charge in [-0.15, -0.1) is 0 Å². The molecule has 0 fully saturated rings. The summed E-state index contributed by atoms with van der Waals surface area (Å²) in [5, 5.41) is 0. The number of benzene rings is 1.